The zero-order chi connectivity index (χ0) is 24.3. The molecule has 0 aromatic heterocycles. The molecule has 0 N–H and O–H groups in total. The normalized spacial score (nSPS) is 15.9. The molecule has 184 valence electrons. The molecule has 0 heterocycles. The predicted molar refractivity (Wildman–Crippen MR) is 136 cm³/mol. The average Bonchev–Trinajstić information content (AvgIpc) is 2.52. The number of ether oxygens (including phenoxy) is 3. The van der Waals surface area contributed by atoms with Gasteiger partial charge in [-0.3, -0.25) is 0 Å². The molecule has 7 nitrogen and oxygen atoms in total. The molecule has 0 aliphatic rings. The second-order valence-electron chi connectivity index (χ2n) is 10.3. The number of hydrogen-bond acceptors (Lipinski definition) is 7. The van der Waals surface area contributed by atoms with Crippen LogP contribution in [0.25, 0.3) is 0 Å². The third kappa shape index (κ3) is 18.0. The van der Waals surface area contributed by atoms with Crippen molar-refractivity contribution >= 4 is 39.7 Å². The smallest absolute Gasteiger partial charge is 0.330 e. The van der Waals surface area contributed by atoms with Gasteiger partial charge < -0.3 is 26.6 Å². The molecular formula is C20H46O7Si4. The molecule has 0 saturated heterocycles. The van der Waals surface area contributed by atoms with E-state index in [2.05, 4.69) is 65.5 Å². The highest BCUT2D eigenvalue weighted by molar-refractivity contribution is 6.89. The second kappa shape index (κ2) is 13.6. The predicted octanol–water partition coefficient (Wildman–Crippen LogP) is 5.02. The van der Waals surface area contributed by atoms with Gasteiger partial charge in [0.25, 0.3) is 0 Å². The maximum absolute atomic E-state index is 11.1. The van der Waals surface area contributed by atoms with Crippen LogP contribution >= 0.6 is 0 Å². The molecule has 0 radical (unpaired) electrons. The van der Waals surface area contributed by atoms with Gasteiger partial charge in [0.15, 0.2) is 16.6 Å². The van der Waals surface area contributed by atoms with Crippen LogP contribution in [0.5, 0.6) is 0 Å². The fourth-order valence-corrected chi connectivity index (χ4v) is 21.2. The zero-order valence-electron chi connectivity index (χ0n) is 21.5. The van der Waals surface area contributed by atoms with Crippen molar-refractivity contribution in [2.24, 2.45) is 0 Å². The van der Waals surface area contributed by atoms with Gasteiger partial charge >= 0.3 is 23.1 Å². The molecule has 2 unspecified atom stereocenters. The van der Waals surface area contributed by atoms with Crippen LogP contribution in [-0.4, -0.2) is 72.3 Å². The molecule has 0 saturated carbocycles. The summed E-state index contributed by atoms with van der Waals surface area (Å²) in [6, 6.07) is 0.873. The molecule has 0 amide bonds. The molecule has 31 heavy (non-hydrogen) atoms. The summed E-state index contributed by atoms with van der Waals surface area (Å²) >= 11 is 0. The minimum absolute atomic E-state index is 0.307. The van der Waals surface area contributed by atoms with Gasteiger partial charge in [0, 0.05) is 12.7 Å². The molecule has 11 heteroatoms. The lowest BCUT2D eigenvalue weighted by Gasteiger charge is -2.41. The first-order valence-corrected chi connectivity index (χ1v) is 23.2. The Balaban J connectivity index is 4.41. The standard InChI is InChI=1S/C20H46O7Si4/c1-12-20(21)24-19(2)18-23-16-15-22-14-13-17-31(11,26-29(6,7)8)27-30(9,10)25-28(3,4)5/h12,19H,1,13-18H2,2-11H3. The Morgan fingerprint density at radius 1 is 0.839 bits per heavy atom. The van der Waals surface area contributed by atoms with E-state index in [9.17, 15) is 4.79 Å². The van der Waals surface area contributed by atoms with Crippen molar-refractivity contribution in [3.05, 3.63) is 12.7 Å². The molecule has 0 bridgehead atoms. The van der Waals surface area contributed by atoms with Crippen LogP contribution < -0.4 is 0 Å². The maximum atomic E-state index is 11.1. The molecule has 0 aromatic rings. The Morgan fingerprint density at radius 3 is 1.90 bits per heavy atom. The summed E-state index contributed by atoms with van der Waals surface area (Å²) in [5.74, 6) is -0.441. The Kier molecular flexibility index (Phi) is 13.5. The van der Waals surface area contributed by atoms with Crippen LogP contribution in [0.1, 0.15) is 13.3 Å². The second-order valence-corrected chi connectivity index (χ2v) is 26.8. The van der Waals surface area contributed by atoms with Crippen LogP contribution in [0.3, 0.4) is 0 Å². The number of rotatable bonds is 17. The fourth-order valence-electron chi connectivity index (χ4n) is 3.29. The van der Waals surface area contributed by atoms with Gasteiger partial charge in [0.2, 0.25) is 0 Å². The Hall–Kier alpha value is -0.122. The third-order valence-corrected chi connectivity index (χ3v) is 17.2. The minimum Gasteiger partial charge on any atom is -0.457 e. The lowest BCUT2D eigenvalue weighted by molar-refractivity contribution is -0.145. The fraction of sp³-hybridized carbons (Fsp3) is 0.850. The van der Waals surface area contributed by atoms with Gasteiger partial charge in [0.1, 0.15) is 6.10 Å². The van der Waals surface area contributed by atoms with Crippen molar-refractivity contribution in [1.29, 1.82) is 0 Å². The topological polar surface area (TPSA) is 72.5 Å². The maximum Gasteiger partial charge on any atom is 0.330 e. The van der Waals surface area contributed by atoms with Crippen LogP contribution in [0.2, 0.25) is 65.0 Å². The summed E-state index contributed by atoms with van der Waals surface area (Å²) in [4.78, 5) is 11.1. The van der Waals surface area contributed by atoms with Crippen LogP contribution in [0.15, 0.2) is 12.7 Å². The Morgan fingerprint density at radius 2 is 1.39 bits per heavy atom. The SMILES string of the molecule is C=CC(=O)OC(C)COCCOCCC[Si](C)(O[Si](C)(C)C)O[Si](C)(C)O[Si](C)(C)C. The first-order chi connectivity index (χ1) is 14.0. The van der Waals surface area contributed by atoms with E-state index in [1.807, 2.05) is 0 Å². The van der Waals surface area contributed by atoms with E-state index >= 15 is 0 Å². The summed E-state index contributed by atoms with van der Waals surface area (Å²) in [6.07, 6.45) is 1.71. The van der Waals surface area contributed by atoms with Gasteiger partial charge in [-0.05, 0) is 78.3 Å². The van der Waals surface area contributed by atoms with Gasteiger partial charge in [-0.15, -0.1) is 0 Å². The van der Waals surface area contributed by atoms with E-state index < -0.39 is 39.7 Å². The molecule has 0 spiro atoms. The van der Waals surface area contributed by atoms with Crippen molar-refractivity contribution in [3.63, 3.8) is 0 Å². The van der Waals surface area contributed by atoms with Gasteiger partial charge in [-0.25, -0.2) is 4.79 Å². The summed E-state index contributed by atoms with van der Waals surface area (Å²) in [5.41, 5.74) is 0. The number of hydrogen-bond donors (Lipinski definition) is 0. The molecule has 0 rings (SSSR count). The molecule has 0 aromatic carbocycles. The lowest BCUT2D eigenvalue weighted by Crippen LogP contribution is -2.56. The first kappa shape index (κ1) is 30.9. The van der Waals surface area contributed by atoms with Gasteiger partial charge in [-0.1, -0.05) is 6.58 Å². The highest BCUT2D eigenvalue weighted by Gasteiger charge is 2.44. The molecule has 2 atom stereocenters. The highest BCUT2D eigenvalue weighted by atomic mass is 28.5. The molecule has 0 aliphatic carbocycles. The average molecular weight is 511 g/mol. The van der Waals surface area contributed by atoms with Gasteiger partial charge in [-0.2, -0.15) is 0 Å². The molecular weight excluding hydrogens is 465 g/mol. The third-order valence-electron chi connectivity index (χ3n) is 3.66. The quantitative estimate of drug-likeness (QED) is 0.118. The first-order valence-electron chi connectivity index (χ1n) is 11.1. The van der Waals surface area contributed by atoms with E-state index in [1.165, 1.54) is 0 Å². The molecule has 0 aliphatic heterocycles. The number of esters is 1. The van der Waals surface area contributed by atoms with Crippen molar-refractivity contribution in [1.82, 2.24) is 0 Å². The minimum atomic E-state index is -2.38. The monoisotopic (exact) mass is 510 g/mol. The van der Waals surface area contributed by atoms with E-state index in [1.54, 1.807) is 6.92 Å². The van der Waals surface area contributed by atoms with Crippen LogP contribution in [0, 0.1) is 0 Å². The summed E-state index contributed by atoms with van der Waals surface area (Å²) in [6.45, 7) is 26.7. The largest absolute Gasteiger partial charge is 0.457 e. The van der Waals surface area contributed by atoms with E-state index in [0.717, 1.165) is 18.5 Å². The van der Waals surface area contributed by atoms with Crippen LogP contribution in [0.4, 0.5) is 0 Å². The van der Waals surface area contributed by atoms with Gasteiger partial charge in [0.05, 0.1) is 19.8 Å². The molecule has 0 fully saturated rings. The van der Waals surface area contributed by atoms with Crippen LogP contribution in [-0.2, 0) is 31.4 Å². The lowest BCUT2D eigenvalue weighted by atomic mass is 10.4. The van der Waals surface area contributed by atoms with Crippen molar-refractivity contribution < 1.29 is 31.4 Å². The number of carbonyl (C=O) groups is 1. The van der Waals surface area contributed by atoms with E-state index in [0.29, 0.717) is 26.4 Å². The van der Waals surface area contributed by atoms with Crippen molar-refractivity contribution in [2.75, 3.05) is 26.4 Å². The zero-order valence-corrected chi connectivity index (χ0v) is 25.5. The number of carbonyl (C=O) groups excluding carboxylic acids is 1. The van der Waals surface area contributed by atoms with E-state index in [4.69, 9.17) is 26.6 Å². The Bertz CT molecular complexity index is 547. The summed E-state index contributed by atoms with van der Waals surface area (Å²) in [5, 5.41) is 0. The Labute approximate surface area is 194 Å². The van der Waals surface area contributed by atoms with Crippen molar-refractivity contribution in [3.8, 4) is 0 Å². The summed E-state index contributed by atoms with van der Waals surface area (Å²) in [7, 11) is -8.08. The highest BCUT2D eigenvalue weighted by Crippen LogP contribution is 2.27. The summed E-state index contributed by atoms with van der Waals surface area (Å²) < 4.78 is 35.9. The van der Waals surface area contributed by atoms with E-state index in [-0.39, 0.29) is 6.10 Å². The van der Waals surface area contributed by atoms with Crippen molar-refractivity contribution in [2.45, 2.75) is 84.4 Å².